The van der Waals surface area contributed by atoms with Crippen molar-refractivity contribution in [1.29, 1.82) is 0 Å². The van der Waals surface area contributed by atoms with E-state index in [9.17, 15) is 4.79 Å². The Hall–Kier alpha value is -2.49. The van der Waals surface area contributed by atoms with Gasteiger partial charge in [-0.05, 0) is 30.0 Å². The normalized spacial score (nSPS) is 10.4. The lowest BCUT2D eigenvalue weighted by atomic mass is 9.99. The highest BCUT2D eigenvalue weighted by atomic mass is 16.5. The average Bonchev–Trinajstić information content (AvgIpc) is 2.66. The van der Waals surface area contributed by atoms with Gasteiger partial charge in [-0.15, -0.1) is 0 Å². The third kappa shape index (κ3) is 5.24. The van der Waals surface area contributed by atoms with Crippen molar-refractivity contribution in [2.75, 3.05) is 14.2 Å². The van der Waals surface area contributed by atoms with E-state index in [1.165, 1.54) is 7.11 Å². The van der Waals surface area contributed by atoms with E-state index in [2.05, 4.69) is 6.92 Å². The zero-order chi connectivity index (χ0) is 18.1. The van der Waals surface area contributed by atoms with Gasteiger partial charge >= 0.3 is 5.97 Å². The van der Waals surface area contributed by atoms with Gasteiger partial charge in [0, 0.05) is 6.07 Å². The number of carbonyl (C=O) groups is 1. The minimum absolute atomic E-state index is 0.377. The van der Waals surface area contributed by atoms with Crippen molar-refractivity contribution in [3.63, 3.8) is 0 Å². The Morgan fingerprint density at radius 2 is 1.80 bits per heavy atom. The molecule has 0 radical (unpaired) electrons. The number of hydrogen-bond acceptors (Lipinski definition) is 4. The van der Waals surface area contributed by atoms with Gasteiger partial charge in [-0.1, -0.05) is 50.1 Å². The monoisotopic (exact) mass is 342 g/mol. The first-order chi connectivity index (χ1) is 12.2. The smallest absolute Gasteiger partial charge is 0.341 e. The van der Waals surface area contributed by atoms with Crippen LogP contribution in [0.5, 0.6) is 11.5 Å². The summed E-state index contributed by atoms with van der Waals surface area (Å²) in [5.74, 6) is 0.807. The van der Waals surface area contributed by atoms with E-state index in [1.807, 2.05) is 36.4 Å². The first kappa shape index (κ1) is 18.8. The van der Waals surface area contributed by atoms with Gasteiger partial charge in [0.15, 0.2) is 0 Å². The van der Waals surface area contributed by atoms with E-state index >= 15 is 0 Å². The van der Waals surface area contributed by atoms with E-state index in [4.69, 9.17) is 14.2 Å². The highest BCUT2D eigenvalue weighted by Gasteiger charge is 2.20. The molecule has 0 N–H and O–H groups in total. The van der Waals surface area contributed by atoms with Gasteiger partial charge in [-0.2, -0.15) is 0 Å². The molecule has 0 aliphatic carbocycles. The largest absolute Gasteiger partial charge is 0.496 e. The molecule has 0 unspecified atom stereocenters. The van der Waals surface area contributed by atoms with Gasteiger partial charge in [-0.25, -0.2) is 4.79 Å². The van der Waals surface area contributed by atoms with Crippen molar-refractivity contribution < 1.29 is 19.0 Å². The molecular formula is C21H26O4. The molecule has 4 heteroatoms. The van der Waals surface area contributed by atoms with Crippen molar-refractivity contribution in [3.8, 4) is 11.5 Å². The molecule has 0 saturated carbocycles. The Morgan fingerprint density at radius 3 is 2.44 bits per heavy atom. The summed E-state index contributed by atoms with van der Waals surface area (Å²) in [5.41, 5.74) is 2.49. The average molecular weight is 342 g/mol. The molecule has 0 heterocycles. The van der Waals surface area contributed by atoms with Crippen LogP contribution in [0.1, 0.15) is 47.7 Å². The van der Waals surface area contributed by atoms with Crippen LogP contribution in [0.25, 0.3) is 0 Å². The molecule has 25 heavy (non-hydrogen) atoms. The third-order valence-corrected chi connectivity index (χ3v) is 4.06. The van der Waals surface area contributed by atoms with E-state index in [-0.39, 0.29) is 5.97 Å². The molecule has 0 fully saturated rings. The fourth-order valence-electron chi connectivity index (χ4n) is 2.73. The fraction of sp³-hybridized carbons (Fsp3) is 0.381. The maximum Gasteiger partial charge on any atom is 0.341 e. The molecule has 0 bridgehead atoms. The fourth-order valence-corrected chi connectivity index (χ4v) is 2.73. The van der Waals surface area contributed by atoms with Crippen LogP contribution in [0.15, 0.2) is 42.5 Å². The van der Waals surface area contributed by atoms with Gasteiger partial charge in [0.1, 0.15) is 23.7 Å². The lowest BCUT2D eigenvalue weighted by molar-refractivity contribution is 0.0595. The molecule has 0 amide bonds. The summed E-state index contributed by atoms with van der Waals surface area (Å²) < 4.78 is 16.3. The van der Waals surface area contributed by atoms with Crippen molar-refractivity contribution in [2.24, 2.45) is 0 Å². The Kier molecular flexibility index (Phi) is 7.33. The van der Waals surface area contributed by atoms with Crippen LogP contribution in [-0.4, -0.2) is 20.2 Å². The molecular weight excluding hydrogens is 316 g/mol. The molecule has 2 aromatic carbocycles. The second-order valence-electron chi connectivity index (χ2n) is 5.88. The number of hydrogen-bond donors (Lipinski definition) is 0. The van der Waals surface area contributed by atoms with Gasteiger partial charge in [0.2, 0.25) is 0 Å². The summed E-state index contributed by atoms with van der Waals surface area (Å²) in [6.07, 6.45) is 4.02. The molecule has 0 aliphatic heterocycles. The Morgan fingerprint density at radius 1 is 1.04 bits per heavy atom. The number of methoxy groups -OCH3 is 2. The lowest BCUT2D eigenvalue weighted by Crippen LogP contribution is -2.09. The quantitative estimate of drug-likeness (QED) is 0.485. The minimum Gasteiger partial charge on any atom is -0.496 e. The summed E-state index contributed by atoms with van der Waals surface area (Å²) in [6, 6.07) is 13.6. The van der Waals surface area contributed by atoms with Crippen LogP contribution in [0.4, 0.5) is 0 Å². The highest BCUT2D eigenvalue weighted by molar-refractivity contribution is 5.94. The summed E-state index contributed by atoms with van der Waals surface area (Å²) in [4.78, 5) is 12.2. The number of aryl methyl sites for hydroxylation is 1. The number of carbonyl (C=O) groups excluding carboxylic acids is 1. The van der Waals surface area contributed by atoms with Crippen LogP contribution in [0, 0.1) is 0 Å². The number of esters is 1. The van der Waals surface area contributed by atoms with Gasteiger partial charge in [0.05, 0.1) is 14.2 Å². The predicted octanol–water partition coefficient (Wildman–Crippen LogP) is 4.79. The summed E-state index contributed by atoms with van der Waals surface area (Å²) >= 11 is 0. The van der Waals surface area contributed by atoms with E-state index in [0.29, 0.717) is 23.7 Å². The Labute approximate surface area is 149 Å². The van der Waals surface area contributed by atoms with Crippen molar-refractivity contribution in [3.05, 3.63) is 59.2 Å². The van der Waals surface area contributed by atoms with Crippen LogP contribution in [0.2, 0.25) is 0 Å². The molecule has 0 aromatic heterocycles. The third-order valence-electron chi connectivity index (χ3n) is 4.06. The highest BCUT2D eigenvalue weighted by Crippen LogP contribution is 2.31. The molecule has 4 nitrogen and oxygen atoms in total. The molecule has 2 aromatic rings. The molecule has 0 atom stereocenters. The number of ether oxygens (including phenoxy) is 3. The number of benzene rings is 2. The first-order valence-electron chi connectivity index (χ1n) is 8.65. The maximum absolute atomic E-state index is 12.2. The van der Waals surface area contributed by atoms with Crippen LogP contribution in [-0.2, 0) is 17.8 Å². The van der Waals surface area contributed by atoms with Crippen LogP contribution in [0.3, 0.4) is 0 Å². The van der Waals surface area contributed by atoms with E-state index in [0.717, 1.165) is 36.8 Å². The first-order valence-corrected chi connectivity index (χ1v) is 8.65. The van der Waals surface area contributed by atoms with Crippen LogP contribution >= 0.6 is 0 Å². The Balaban J connectivity index is 2.27. The van der Waals surface area contributed by atoms with Crippen molar-refractivity contribution in [2.45, 2.75) is 39.2 Å². The second-order valence-corrected chi connectivity index (χ2v) is 5.88. The summed E-state index contributed by atoms with van der Waals surface area (Å²) in [7, 11) is 2.94. The van der Waals surface area contributed by atoms with Crippen molar-refractivity contribution >= 4 is 5.97 Å². The zero-order valence-electron chi connectivity index (χ0n) is 15.2. The molecule has 0 spiro atoms. The van der Waals surface area contributed by atoms with Crippen molar-refractivity contribution in [1.82, 2.24) is 0 Å². The van der Waals surface area contributed by atoms with Gasteiger partial charge < -0.3 is 14.2 Å². The van der Waals surface area contributed by atoms with Gasteiger partial charge in [-0.3, -0.25) is 0 Å². The van der Waals surface area contributed by atoms with Crippen LogP contribution < -0.4 is 9.47 Å². The van der Waals surface area contributed by atoms with E-state index in [1.54, 1.807) is 13.2 Å². The SMILES string of the molecule is CCCCCc1cc(OCc2ccccc2)cc(OC)c1C(=O)OC. The molecule has 0 saturated heterocycles. The minimum atomic E-state index is -0.377. The topological polar surface area (TPSA) is 44.8 Å². The summed E-state index contributed by atoms with van der Waals surface area (Å²) in [6.45, 7) is 2.62. The lowest BCUT2D eigenvalue weighted by Gasteiger charge is -2.15. The molecule has 0 aliphatic rings. The standard InChI is InChI=1S/C21H26O4/c1-4-5-7-12-17-13-18(25-15-16-10-8-6-9-11-16)14-19(23-2)20(17)21(22)24-3/h6,8-11,13-14H,4-5,7,12,15H2,1-3H3. The molecule has 2 rings (SSSR count). The van der Waals surface area contributed by atoms with E-state index < -0.39 is 0 Å². The number of rotatable bonds is 9. The Bertz CT molecular complexity index is 680. The summed E-state index contributed by atoms with van der Waals surface area (Å²) in [5, 5.41) is 0. The maximum atomic E-state index is 12.2. The van der Waals surface area contributed by atoms with Gasteiger partial charge in [0.25, 0.3) is 0 Å². The predicted molar refractivity (Wildman–Crippen MR) is 98.3 cm³/mol. The zero-order valence-corrected chi connectivity index (χ0v) is 15.2. The molecule has 134 valence electrons. The number of unbranched alkanes of at least 4 members (excludes halogenated alkanes) is 2. The second kappa shape index (κ2) is 9.72.